The predicted molar refractivity (Wildman–Crippen MR) is 97.8 cm³/mol. The highest BCUT2D eigenvalue weighted by Gasteiger charge is 2.28. The summed E-state index contributed by atoms with van der Waals surface area (Å²) in [4.78, 5) is 13.6. The van der Waals surface area contributed by atoms with Crippen molar-refractivity contribution >= 4 is 11.4 Å². The van der Waals surface area contributed by atoms with Crippen molar-refractivity contribution in [2.45, 2.75) is 52.0 Å². The van der Waals surface area contributed by atoms with Gasteiger partial charge in [-0.1, -0.05) is 26.8 Å². The summed E-state index contributed by atoms with van der Waals surface area (Å²) in [6.45, 7) is 8.35. The van der Waals surface area contributed by atoms with Crippen molar-refractivity contribution in [1.29, 1.82) is 5.26 Å². The standard InChI is InChI=1S/C19H27N3O3/c1-14(2)13-21(17-7-10-25-11-8-17)18-5-4-16(15(3)6-9-20)12-19(18)22(23)24/h4-5,12,14-15,17H,6-8,10-11,13H2,1-3H3/t15-/m1/s1. The second-order valence-electron chi connectivity index (χ2n) is 7.16. The van der Waals surface area contributed by atoms with Crippen LogP contribution in [-0.2, 0) is 4.74 Å². The van der Waals surface area contributed by atoms with Gasteiger partial charge < -0.3 is 9.64 Å². The molecule has 6 nitrogen and oxygen atoms in total. The molecule has 0 aromatic heterocycles. The summed E-state index contributed by atoms with van der Waals surface area (Å²) in [5.41, 5.74) is 1.65. The van der Waals surface area contributed by atoms with E-state index in [-0.39, 0.29) is 22.6 Å². The van der Waals surface area contributed by atoms with Gasteiger partial charge >= 0.3 is 0 Å². The quantitative estimate of drug-likeness (QED) is 0.545. The van der Waals surface area contributed by atoms with Crippen LogP contribution in [0.1, 0.15) is 51.5 Å². The number of anilines is 1. The van der Waals surface area contributed by atoms with Gasteiger partial charge in [0.2, 0.25) is 0 Å². The van der Waals surface area contributed by atoms with E-state index in [1.54, 1.807) is 6.07 Å². The first kappa shape index (κ1) is 19.2. The van der Waals surface area contributed by atoms with Crippen LogP contribution in [0, 0.1) is 27.4 Å². The number of hydrogen-bond acceptors (Lipinski definition) is 5. The molecular formula is C19H27N3O3. The first-order valence-electron chi connectivity index (χ1n) is 8.93. The summed E-state index contributed by atoms with van der Waals surface area (Å²) in [5.74, 6) is 0.388. The second kappa shape index (κ2) is 8.82. The highest BCUT2D eigenvalue weighted by molar-refractivity contribution is 5.65. The fourth-order valence-electron chi connectivity index (χ4n) is 3.33. The normalized spacial score (nSPS) is 16.4. The van der Waals surface area contributed by atoms with Crippen LogP contribution in [0.25, 0.3) is 0 Å². The van der Waals surface area contributed by atoms with E-state index in [1.807, 2.05) is 19.1 Å². The zero-order chi connectivity index (χ0) is 18.4. The second-order valence-corrected chi connectivity index (χ2v) is 7.16. The Labute approximate surface area is 149 Å². The van der Waals surface area contributed by atoms with Gasteiger partial charge in [0.1, 0.15) is 5.69 Å². The molecule has 1 atom stereocenters. The van der Waals surface area contributed by atoms with Crippen LogP contribution in [0.4, 0.5) is 11.4 Å². The van der Waals surface area contributed by atoms with Gasteiger partial charge in [-0.15, -0.1) is 0 Å². The lowest BCUT2D eigenvalue weighted by molar-refractivity contribution is -0.384. The Hall–Kier alpha value is -2.13. The highest BCUT2D eigenvalue weighted by atomic mass is 16.6. The molecule has 1 aromatic carbocycles. The third-order valence-corrected chi connectivity index (χ3v) is 4.67. The minimum absolute atomic E-state index is 0.0145. The molecule has 0 N–H and O–H groups in total. The van der Waals surface area contributed by atoms with Crippen LogP contribution < -0.4 is 4.90 Å². The number of benzene rings is 1. The van der Waals surface area contributed by atoms with Crippen LogP contribution in [0.2, 0.25) is 0 Å². The molecule has 1 aliphatic rings. The van der Waals surface area contributed by atoms with Crippen molar-refractivity contribution in [3.8, 4) is 6.07 Å². The maximum atomic E-state index is 11.7. The Kier molecular flexibility index (Phi) is 6.77. The van der Waals surface area contributed by atoms with Crippen molar-refractivity contribution in [1.82, 2.24) is 0 Å². The molecule has 1 aromatic rings. The highest BCUT2D eigenvalue weighted by Crippen LogP contribution is 2.35. The summed E-state index contributed by atoms with van der Waals surface area (Å²) >= 11 is 0. The van der Waals surface area contributed by atoms with Gasteiger partial charge in [0.15, 0.2) is 0 Å². The minimum Gasteiger partial charge on any atom is -0.381 e. The van der Waals surface area contributed by atoms with Crippen LogP contribution in [-0.4, -0.2) is 30.7 Å². The van der Waals surface area contributed by atoms with E-state index in [0.29, 0.717) is 31.2 Å². The van der Waals surface area contributed by atoms with Crippen LogP contribution in [0.3, 0.4) is 0 Å². The Morgan fingerprint density at radius 2 is 2.04 bits per heavy atom. The van der Waals surface area contributed by atoms with E-state index < -0.39 is 0 Å². The largest absolute Gasteiger partial charge is 0.381 e. The van der Waals surface area contributed by atoms with Gasteiger partial charge in [0, 0.05) is 38.3 Å². The molecular weight excluding hydrogens is 318 g/mol. The van der Waals surface area contributed by atoms with Gasteiger partial charge in [-0.25, -0.2) is 0 Å². The van der Waals surface area contributed by atoms with Crippen LogP contribution in [0.15, 0.2) is 18.2 Å². The number of nitriles is 1. The third-order valence-electron chi connectivity index (χ3n) is 4.67. The van der Waals surface area contributed by atoms with E-state index in [2.05, 4.69) is 24.8 Å². The lowest BCUT2D eigenvalue weighted by Gasteiger charge is -2.37. The number of nitrogens with zero attached hydrogens (tertiary/aromatic N) is 3. The zero-order valence-corrected chi connectivity index (χ0v) is 15.3. The van der Waals surface area contributed by atoms with E-state index in [4.69, 9.17) is 10.00 Å². The van der Waals surface area contributed by atoms with Gasteiger partial charge in [0.05, 0.1) is 11.0 Å². The lowest BCUT2D eigenvalue weighted by atomic mass is 9.96. The molecule has 1 fully saturated rings. The van der Waals surface area contributed by atoms with Crippen molar-refractivity contribution in [2.24, 2.45) is 5.92 Å². The SMILES string of the molecule is CC(C)CN(c1ccc([C@H](C)CC#N)cc1[N+](=O)[O-])C1CCOCC1. The summed E-state index contributed by atoms with van der Waals surface area (Å²) in [6, 6.07) is 7.83. The first-order chi connectivity index (χ1) is 11.9. The Bertz CT molecular complexity index is 633. The molecule has 0 spiro atoms. The lowest BCUT2D eigenvalue weighted by Crippen LogP contribution is -2.42. The van der Waals surface area contributed by atoms with Crippen LogP contribution in [0.5, 0.6) is 0 Å². The predicted octanol–water partition coefficient (Wildman–Crippen LogP) is 4.25. The Balaban J connectivity index is 2.41. The molecule has 0 amide bonds. The summed E-state index contributed by atoms with van der Waals surface area (Å²) in [6.07, 6.45) is 2.12. The molecule has 1 saturated heterocycles. The molecule has 0 saturated carbocycles. The van der Waals surface area contributed by atoms with E-state index >= 15 is 0 Å². The van der Waals surface area contributed by atoms with Crippen molar-refractivity contribution in [2.75, 3.05) is 24.7 Å². The number of rotatable bonds is 7. The van der Waals surface area contributed by atoms with Gasteiger partial charge in [-0.05, 0) is 36.3 Å². The van der Waals surface area contributed by atoms with E-state index in [1.165, 1.54) is 0 Å². The fourth-order valence-corrected chi connectivity index (χ4v) is 3.33. The van der Waals surface area contributed by atoms with Gasteiger partial charge in [-0.2, -0.15) is 5.26 Å². The number of nitro benzene ring substituents is 1. The van der Waals surface area contributed by atoms with Crippen molar-refractivity contribution < 1.29 is 9.66 Å². The molecule has 0 aliphatic carbocycles. The minimum atomic E-state index is -0.301. The summed E-state index contributed by atoms with van der Waals surface area (Å²) < 4.78 is 5.45. The van der Waals surface area contributed by atoms with E-state index in [0.717, 1.165) is 24.9 Å². The number of hydrogen-bond donors (Lipinski definition) is 0. The van der Waals surface area contributed by atoms with E-state index in [9.17, 15) is 10.1 Å². The maximum Gasteiger partial charge on any atom is 0.292 e. The molecule has 0 radical (unpaired) electrons. The monoisotopic (exact) mass is 345 g/mol. The van der Waals surface area contributed by atoms with Crippen molar-refractivity contribution in [3.63, 3.8) is 0 Å². The topological polar surface area (TPSA) is 79.4 Å². The third kappa shape index (κ3) is 4.93. The molecule has 1 aliphatic heterocycles. The van der Waals surface area contributed by atoms with Crippen LogP contribution >= 0.6 is 0 Å². The molecule has 6 heteroatoms. The molecule has 2 rings (SSSR count). The molecule has 0 unspecified atom stereocenters. The molecule has 25 heavy (non-hydrogen) atoms. The number of ether oxygens (including phenoxy) is 1. The average molecular weight is 345 g/mol. The first-order valence-corrected chi connectivity index (χ1v) is 8.93. The van der Waals surface area contributed by atoms with Gasteiger partial charge in [0.25, 0.3) is 5.69 Å². The molecule has 1 heterocycles. The summed E-state index contributed by atoms with van der Waals surface area (Å²) in [7, 11) is 0. The smallest absolute Gasteiger partial charge is 0.292 e. The average Bonchev–Trinajstić information content (AvgIpc) is 2.60. The molecule has 136 valence electrons. The Morgan fingerprint density at radius 1 is 1.36 bits per heavy atom. The Morgan fingerprint density at radius 3 is 2.60 bits per heavy atom. The maximum absolute atomic E-state index is 11.7. The molecule has 0 bridgehead atoms. The van der Waals surface area contributed by atoms with Gasteiger partial charge in [-0.3, -0.25) is 10.1 Å². The zero-order valence-electron chi connectivity index (χ0n) is 15.3. The number of nitro groups is 1. The summed E-state index contributed by atoms with van der Waals surface area (Å²) in [5, 5.41) is 20.6. The van der Waals surface area contributed by atoms with Crippen molar-refractivity contribution in [3.05, 3.63) is 33.9 Å². The fraction of sp³-hybridized carbons (Fsp3) is 0.632.